The number of carbonyl (C=O) groups excluding carboxylic acids is 3. The van der Waals surface area contributed by atoms with Gasteiger partial charge in [-0.3, -0.25) is 16.0 Å². The molecule has 9 rings (SSSR count). The van der Waals surface area contributed by atoms with Gasteiger partial charge < -0.3 is 22.9 Å². The molecule has 6 amide bonds. The van der Waals surface area contributed by atoms with Crippen LogP contribution in [0.25, 0.3) is 0 Å². The molecule has 0 saturated heterocycles. The van der Waals surface area contributed by atoms with Crippen LogP contribution in [0.3, 0.4) is 0 Å². The van der Waals surface area contributed by atoms with E-state index in [4.69, 9.17) is 52.6 Å². The number of benzene rings is 3. The average Bonchev–Trinajstić information content (AvgIpc) is 1.14. The maximum absolute atomic E-state index is 13.0. The molecule has 0 aliphatic rings. The Kier molecular flexibility index (Phi) is 34.8. The van der Waals surface area contributed by atoms with Crippen molar-refractivity contribution in [3.8, 4) is 47.1 Å². The summed E-state index contributed by atoms with van der Waals surface area (Å²) in [5, 5.41) is 8.18. The van der Waals surface area contributed by atoms with E-state index in [1.54, 1.807) is 92.4 Å². The minimum absolute atomic E-state index is 0.159. The third-order valence-electron chi connectivity index (χ3n) is 11.3. The lowest BCUT2D eigenvalue weighted by molar-refractivity contribution is 0.258. The third kappa shape index (κ3) is 36.6. The van der Waals surface area contributed by atoms with Crippen LogP contribution in [-0.4, -0.2) is 64.1 Å². The number of anilines is 4. The third-order valence-corrected chi connectivity index (χ3v) is 15.3. The number of pyridine rings is 6. The van der Waals surface area contributed by atoms with Crippen molar-refractivity contribution in [1.82, 2.24) is 29.9 Å². The molecule has 0 radical (unpaired) electrons. The summed E-state index contributed by atoms with van der Waals surface area (Å²) >= 11 is 15.6. The number of aryl methyl sites for hydroxylation is 5. The van der Waals surface area contributed by atoms with Crippen LogP contribution in [0.1, 0.15) is 55.6 Å². The summed E-state index contributed by atoms with van der Waals surface area (Å²) in [6.07, 6.45) is 16.4. The standard InChI is InChI=1S/C15H16FN3O.C15H12FN3O.C10H12ClNSi.C10H14N2Si.C8H7N3O.C7H6FI.C5H3ClIN/c2*1-10-8-13(16)5-4-12(10)3-2-11-6-7-18-14(9-11)19-15(17)20;2*1-13(2,3)7-5-9-4-6-12-10(11)8-9;1-2-6-3-4-10-7(5-6)11-8(9)12;1-5-4-6(8)2-3-7(5)9;6-5-3-4(7)1-2-8-5/h4-9H,2-3H2,1H3,(H3,17,18,19,20);4-9H,1H3,(H3,17,18,19,20);4,6,8H,1-3H3;4,6,8H,1-3H3,(H2,11,12);1,3-5H,(H3,9,10,11,12);2-4H,1H3;1-3H. The summed E-state index contributed by atoms with van der Waals surface area (Å²) in [6, 6.07) is 33.2. The number of nitrogen functional groups attached to an aromatic ring is 1. The van der Waals surface area contributed by atoms with E-state index < -0.39 is 34.2 Å². The highest BCUT2D eigenvalue weighted by atomic mass is 127. The Balaban J connectivity index is 0.000000295. The van der Waals surface area contributed by atoms with Gasteiger partial charge in [0.05, 0.1) is 0 Å². The van der Waals surface area contributed by atoms with Crippen molar-refractivity contribution in [1.29, 1.82) is 0 Å². The highest BCUT2D eigenvalue weighted by Gasteiger charge is 2.09. The number of aromatic nitrogens is 6. The lowest BCUT2D eigenvalue weighted by Crippen LogP contribution is -2.20. The smallest absolute Gasteiger partial charge is 0.317 e. The number of urea groups is 3. The van der Waals surface area contributed by atoms with E-state index in [0.717, 1.165) is 64.5 Å². The second-order valence-electron chi connectivity index (χ2n) is 21.8. The number of hydrogen-bond donors (Lipinski definition) is 7. The first-order chi connectivity index (χ1) is 44.7. The molecule has 490 valence electrons. The van der Waals surface area contributed by atoms with Crippen molar-refractivity contribution >= 4 is 126 Å². The van der Waals surface area contributed by atoms with E-state index in [-0.39, 0.29) is 17.5 Å². The van der Waals surface area contributed by atoms with Gasteiger partial charge in [0.1, 0.15) is 67.2 Å². The molecule has 25 heteroatoms. The van der Waals surface area contributed by atoms with Crippen LogP contribution in [0.15, 0.2) is 165 Å². The highest BCUT2D eigenvalue weighted by molar-refractivity contribution is 14.1. The van der Waals surface area contributed by atoms with E-state index in [2.05, 4.69) is 171 Å². The number of nitrogens with one attached hydrogen (secondary N) is 3. The topological polar surface area (TPSA) is 269 Å². The first-order valence-electron chi connectivity index (χ1n) is 28.4. The Morgan fingerprint density at radius 1 is 0.484 bits per heavy atom. The van der Waals surface area contributed by atoms with Gasteiger partial charge >= 0.3 is 18.1 Å². The fourth-order valence-corrected chi connectivity index (χ4v) is 9.24. The molecule has 95 heavy (non-hydrogen) atoms. The molecule has 0 aliphatic carbocycles. The van der Waals surface area contributed by atoms with Gasteiger partial charge in [-0.15, -0.1) is 17.5 Å². The molecular weight excluding hydrogens is 1510 g/mol. The Bertz CT molecular complexity index is 4220. The molecule has 0 spiro atoms. The van der Waals surface area contributed by atoms with Gasteiger partial charge in [-0.25, -0.2) is 57.5 Å². The number of nitrogens with two attached hydrogens (primary N) is 4. The van der Waals surface area contributed by atoms with Crippen LogP contribution >= 0.6 is 68.4 Å². The van der Waals surface area contributed by atoms with Gasteiger partial charge in [0.25, 0.3) is 0 Å². The van der Waals surface area contributed by atoms with Crippen molar-refractivity contribution < 1.29 is 27.6 Å². The zero-order valence-corrected chi connectivity index (χ0v) is 61.3. The van der Waals surface area contributed by atoms with Gasteiger partial charge in [-0.1, -0.05) is 98.2 Å². The van der Waals surface area contributed by atoms with Crippen molar-refractivity contribution in [3.63, 3.8) is 0 Å². The molecule has 16 nitrogen and oxygen atoms in total. The average molecular weight is 1580 g/mol. The van der Waals surface area contributed by atoms with Gasteiger partial charge in [-0.2, -0.15) is 0 Å². The van der Waals surface area contributed by atoms with E-state index >= 15 is 0 Å². The Labute approximate surface area is 592 Å². The van der Waals surface area contributed by atoms with Crippen LogP contribution in [0, 0.1) is 92.5 Å². The zero-order valence-electron chi connectivity index (χ0n) is 53.4. The van der Waals surface area contributed by atoms with E-state index in [9.17, 15) is 27.6 Å². The molecule has 3 aromatic carbocycles. The Morgan fingerprint density at radius 2 is 0.916 bits per heavy atom. The minimum Gasteiger partial charge on any atom is -0.384 e. The van der Waals surface area contributed by atoms with Crippen LogP contribution in [-0.2, 0) is 12.8 Å². The predicted molar refractivity (Wildman–Crippen MR) is 400 cm³/mol. The summed E-state index contributed by atoms with van der Waals surface area (Å²) < 4.78 is 40.6. The van der Waals surface area contributed by atoms with Gasteiger partial charge in [0.2, 0.25) is 0 Å². The summed E-state index contributed by atoms with van der Waals surface area (Å²) in [7, 11) is -2.56. The molecule has 0 aliphatic heterocycles. The number of carbonyl (C=O) groups is 3. The van der Waals surface area contributed by atoms with Crippen molar-refractivity contribution in [3.05, 3.63) is 255 Å². The van der Waals surface area contributed by atoms with Gasteiger partial charge in [-0.05, 0) is 228 Å². The predicted octanol–water partition coefficient (Wildman–Crippen LogP) is 15.7. The van der Waals surface area contributed by atoms with E-state index in [1.807, 2.05) is 44.2 Å². The van der Waals surface area contributed by atoms with Gasteiger partial charge in [0, 0.05) is 72.1 Å². The highest BCUT2D eigenvalue weighted by Crippen LogP contribution is 2.17. The molecule has 0 fully saturated rings. The maximum Gasteiger partial charge on any atom is 0.317 e. The second-order valence-corrected chi connectivity index (χ2v) is 34.5. The Morgan fingerprint density at radius 3 is 1.37 bits per heavy atom. The zero-order chi connectivity index (χ0) is 70.7. The molecule has 0 unspecified atom stereocenters. The number of rotatable bonds is 6. The second kappa shape index (κ2) is 41.4. The van der Waals surface area contributed by atoms with Crippen molar-refractivity contribution in [2.24, 2.45) is 17.2 Å². The molecule has 0 bridgehead atoms. The van der Waals surface area contributed by atoms with Crippen LogP contribution < -0.4 is 38.9 Å². The molecule has 6 heterocycles. The van der Waals surface area contributed by atoms with Crippen LogP contribution in [0.5, 0.6) is 0 Å². The molecule has 0 saturated carbocycles. The lowest BCUT2D eigenvalue weighted by Gasteiger charge is -2.07. The fourth-order valence-electron chi connectivity index (χ4n) is 6.88. The SMILES string of the molecule is C#Cc1ccnc(NC(N)=O)c1.C[Si](C)(C)C#Cc1ccnc(Cl)c1.C[Si](C)(C)C#Cc1ccnc(N)c1.Cc1cc(F)ccc1C#Cc1ccnc(NC(N)=O)c1.Cc1cc(F)ccc1CCc1ccnc(NC(N)=O)c1.Cc1cc(F)ccc1I.Clc1cc(I)ccn1. The number of terminal acetylenes is 1. The largest absolute Gasteiger partial charge is 0.384 e. The van der Waals surface area contributed by atoms with Crippen LogP contribution in [0.2, 0.25) is 49.6 Å². The summed E-state index contributed by atoms with van der Waals surface area (Å²) in [4.78, 5) is 55.3. The monoisotopic (exact) mass is 1580 g/mol. The number of nitrogens with zero attached hydrogens (tertiary/aromatic N) is 6. The fraction of sp³-hybridized carbons (Fsp3) is 0.157. The summed E-state index contributed by atoms with van der Waals surface area (Å²) in [6.45, 7) is 18.9. The van der Waals surface area contributed by atoms with Crippen LogP contribution in [0.4, 0.5) is 50.8 Å². The molecule has 0 atom stereocenters. The minimum atomic E-state index is -1.28. The quantitative estimate of drug-likeness (QED) is 0.0358. The number of hydrogen-bond acceptors (Lipinski definition) is 10. The molecule has 11 N–H and O–H groups in total. The first kappa shape index (κ1) is 79.9. The molecule has 9 aromatic rings. The van der Waals surface area contributed by atoms with Crippen molar-refractivity contribution in [2.75, 3.05) is 21.7 Å². The number of amides is 6. The van der Waals surface area contributed by atoms with E-state index in [1.165, 1.54) is 48.8 Å². The first-order valence-corrected chi connectivity index (χ1v) is 38.3. The summed E-state index contributed by atoms with van der Waals surface area (Å²) in [5.41, 5.74) is 35.8. The molecule has 6 aromatic heterocycles. The summed E-state index contributed by atoms with van der Waals surface area (Å²) in [5.74, 6) is 15.5. The van der Waals surface area contributed by atoms with Gasteiger partial charge in [0.15, 0.2) is 0 Å². The molecular formula is C70H70Cl2F3I2N13O3Si2. The normalized spacial score (nSPS) is 9.80. The maximum atomic E-state index is 13.0. The van der Waals surface area contributed by atoms with Crippen molar-refractivity contribution in [2.45, 2.75) is 72.9 Å². The van der Waals surface area contributed by atoms with E-state index in [0.29, 0.717) is 44.7 Å². The lowest BCUT2D eigenvalue weighted by atomic mass is 10.0. The number of halogens is 7. The Hall–Kier alpha value is -9.33. The number of primary amides is 3.